The van der Waals surface area contributed by atoms with Gasteiger partial charge >= 0.3 is 5.97 Å². The fourth-order valence-corrected chi connectivity index (χ4v) is 4.64. The van der Waals surface area contributed by atoms with Crippen LogP contribution in [0.15, 0.2) is 79.1 Å². The summed E-state index contributed by atoms with van der Waals surface area (Å²) in [7, 11) is 1.38. The molecule has 32 heavy (non-hydrogen) atoms. The number of thiophene rings is 1. The highest BCUT2D eigenvalue weighted by Crippen LogP contribution is 2.31. The topological polar surface area (TPSA) is 68.2 Å². The van der Waals surface area contributed by atoms with Gasteiger partial charge in [0.25, 0.3) is 0 Å². The van der Waals surface area contributed by atoms with Crippen molar-refractivity contribution >= 4 is 45.3 Å². The molecule has 4 rings (SSSR count). The van der Waals surface area contributed by atoms with E-state index in [1.165, 1.54) is 24.0 Å². The SMILES string of the molecule is COC(=O)c1cc(Cc2ccccc2)sc1NC(=S)Nc1cccc(Cn2cccn2)c1. The van der Waals surface area contributed by atoms with Crippen molar-refractivity contribution < 1.29 is 9.53 Å². The highest BCUT2D eigenvalue weighted by molar-refractivity contribution is 7.80. The van der Waals surface area contributed by atoms with Gasteiger partial charge in [-0.25, -0.2) is 4.79 Å². The lowest BCUT2D eigenvalue weighted by Gasteiger charge is -2.11. The maximum atomic E-state index is 12.3. The Morgan fingerprint density at radius 3 is 2.62 bits per heavy atom. The third-order valence-corrected chi connectivity index (χ3v) is 5.98. The molecule has 0 spiro atoms. The van der Waals surface area contributed by atoms with Crippen LogP contribution >= 0.6 is 23.6 Å². The van der Waals surface area contributed by atoms with Gasteiger partial charge < -0.3 is 15.4 Å². The molecular formula is C24H22N4O2S2. The Labute approximate surface area is 195 Å². The molecule has 0 radical (unpaired) electrons. The maximum absolute atomic E-state index is 12.3. The first-order valence-electron chi connectivity index (χ1n) is 10.00. The van der Waals surface area contributed by atoms with Gasteiger partial charge in [0.05, 0.1) is 19.2 Å². The summed E-state index contributed by atoms with van der Waals surface area (Å²) < 4.78 is 6.82. The highest BCUT2D eigenvalue weighted by atomic mass is 32.1. The first kappa shape index (κ1) is 21.7. The Hall–Kier alpha value is -3.49. The average Bonchev–Trinajstić information content (AvgIpc) is 3.44. The number of anilines is 2. The minimum absolute atomic E-state index is 0.396. The summed E-state index contributed by atoms with van der Waals surface area (Å²) in [4.78, 5) is 13.4. The van der Waals surface area contributed by atoms with E-state index in [-0.39, 0.29) is 0 Å². The van der Waals surface area contributed by atoms with Gasteiger partial charge in [-0.3, -0.25) is 4.68 Å². The van der Waals surface area contributed by atoms with E-state index in [9.17, 15) is 4.79 Å². The van der Waals surface area contributed by atoms with Crippen molar-refractivity contribution in [1.82, 2.24) is 9.78 Å². The minimum atomic E-state index is -0.396. The van der Waals surface area contributed by atoms with Crippen molar-refractivity contribution in [3.63, 3.8) is 0 Å². The van der Waals surface area contributed by atoms with Gasteiger partial charge in [0.15, 0.2) is 5.11 Å². The van der Waals surface area contributed by atoms with Crippen LogP contribution < -0.4 is 10.6 Å². The van der Waals surface area contributed by atoms with Gasteiger partial charge in [0, 0.05) is 29.4 Å². The van der Waals surface area contributed by atoms with Crippen LogP contribution in [0.2, 0.25) is 0 Å². The van der Waals surface area contributed by atoms with Crippen LogP contribution in [-0.4, -0.2) is 28.0 Å². The fourth-order valence-electron chi connectivity index (χ4n) is 3.27. The van der Waals surface area contributed by atoms with E-state index in [2.05, 4.69) is 27.9 Å². The molecule has 2 aromatic heterocycles. The van der Waals surface area contributed by atoms with Crippen molar-refractivity contribution in [2.75, 3.05) is 17.7 Å². The third-order valence-electron chi connectivity index (χ3n) is 4.73. The minimum Gasteiger partial charge on any atom is -0.465 e. The molecule has 0 saturated heterocycles. The number of carbonyl (C=O) groups is 1. The molecule has 162 valence electrons. The zero-order chi connectivity index (χ0) is 22.3. The van der Waals surface area contributed by atoms with Gasteiger partial charge in [0.1, 0.15) is 5.00 Å². The average molecular weight is 463 g/mol. The first-order chi connectivity index (χ1) is 15.6. The fraction of sp³-hybridized carbons (Fsp3) is 0.125. The normalized spacial score (nSPS) is 10.5. The Balaban J connectivity index is 1.47. The van der Waals surface area contributed by atoms with Crippen molar-refractivity contribution in [1.29, 1.82) is 0 Å². The van der Waals surface area contributed by atoms with Crippen molar-refractivity contribution in [3.8, 4) is 0 Å². The number of benzene rings is 2. The van der Waals surface area contributed by atoms with Gasteiger partial charge in [-0.2, -0.15) is 5.10 Å². The number of hydrogen-bond acceptors (Lipinski definition) is 5. The zero-order valence-electron chi connectivity index (χ0n) is 17.4. The molecule has 0 aliphatic heterocycles. The maximum Gasteiger partial charge on any atom is 0.340 e. The van der Waals surface area contributed by atoms with Crippen LogP contribution in [0.4, 0.5) is 10.7 Å². The summed E-state index contributed by atoms with van der Waals surface area (Å²) in [5, 5.41) is 11.7. The summed E-state index contributed by atoms with van der Waals surface area (Å²) in [6.07, 6.45) is 4.41. The number of aromatic nitrogens is 2. The number of rotatable bonds is 7. The Morgan fingerprint density at radius 2 is 1.88 bits per heavy atom. The number of carbonyl (C=O) groups excluding carboxylic acids is 1. The zero-order valence-corrected chi connectivity index (χ0v) is 19.1. The lowest BCUT2D eigenvalue weighted by molar-refractivity contribution is 0.0602. The second-order valence-corrected chi connectivity index (χ2v) is 8.64. The van der Waals surface area contributed by atoms with E-state index in [0.717, 1.165) is 22.5 Å². The molecular weight excluding hydrogens is 440 g/mol. The summed E-state index contributed by atoms with van der Waals surface area (Å²) >= 11 is 7.01. The van der Waals surface area contributed by atoms with Crippen LogP contribution in [0.3, 0.4) is 0 Å². The molecule has 0 unspecified atom stereocenters. The molecule has 6 nitrogen and oxygen atoms in total. The smallest absolute Gasteiger partial charge is 0.340 e. The summed E-state index contributed by atoms with van der Waals surface area (Å²) in [5.74, 6) is -0.396. The number of ether oxygens (including phenoxy) is 1. The lowest BCUT2D eigenvalue weighted by atomic mass is 10.1. The number of nitrogens with zero attached hydrogens (tertiary/aromatic N) is 2. The third kappa shape index (κ3) is 5.60. The second-order valence-electron chi connectivity index (χ2n) is 7.09. The van der Waals surface area contributed by atoms with E-state index in [4.69, 9.17) is 17.0 Å². The highest BCUT2D eigenvalue weighted by Gasteiger charge is 2.18. The quantitative estimate of drug-likeness (QED) is 0.291. The van der Waals surface area contributed by atoms with Crippen molar-refractivity contribution in [3.05, 3.63) is 101 Å². The summed E-state index contributed by atoms with van der Waals surface area (Å²) in [6, 6.07) is 21.8. The Morgan fingerprint density at radius 1 is 1.06 bits per heavy atom. The van der Waals surface area contributed by atoms with Crippen LogP contribution in [0.1, 0.15) is 26.4 Å². The molecule has 0 amide bonds. The monoisotopic (exact) mass is 462 g/mol. The molecule has 8 heteroatoms. The number of methoxy groups -OCH3 is 1. The van der Waals surface area contributed by atoms with E-state index in [1.54, 1.807) is 6.20 Å². The number of thiocarbonyl (C=S) groups is 1. The van der Waals surface area contributed by atoms with Crippen LogP contribution in [-0.2, 0) is 17.7 Å². The molecule has 0 saturated carbocycles. The number of nitrogens with one attached hydrogen (secondary N) is 2. The predicted molar refractivity (Wildman–Crippen MR) is 133 cm³/mol. The number of esters is 1. The van der Waals surface area contributed by atoms with E-state index < -0.39 is 5.97 Å². The van der Waals surface area contributed by atoms with Gasteiger partial charge in [-0.1, -0.05) is 42.5 Å². The van der Waals surface area contributed by atoms with Crippen molar-refractivity contribution in [2.24, 2.45) is 0 Å². The number of hydrogen-bond donors (Lipinski definition) is 2. The molecule has 0 bridgehead atoms. The van der Waals surface area contributed by atoms with Crippen LogP contribution in [0.5, 0.6) is 0 Å². The van der Waals surface area contributed by atoms with Crippen LogP contribution in [0.25, 0.3) is 0 Å². The Kier molecular flexibility index (Phi) is 6.94. The largest absolute Gasteiger partial charge is 0.465 e. The molecule has 0 atom stereocenters. The van der Waals surface area contributed by atoms with Crippen LogP contribution in [0, 0.1) is 0 Å². The standard InChI is InChI=1S/C24H22N4O2S2/c1-30-23(29)21-15-20(14-17-7-3-2-4-8-17)32-22(21)27-24(31)26-19-10-5-9-18(13-19)16-28-12-6-11-25-28/h2-13,15H,14,16H2,1H3,(H2,26,27,31). The summed E-state index contributed by atoms with van der Waals surface area (Å²) in [5.41, 5.74) is 3.59. The summed E-state index contributed by atoms with van der Waals surface area (Å²) in [6.45, 7) is 0.670. The molecule has 2 heterocycles. The molecule has 2 N–H and O–H groups in total. The van der Waals surface area contributed by atoms with E-state index in [0.29, 0.717) is 22.2 Å². The van der Waals surface area contributed by atoms with Gasteiger partial charge in [-0.05, 0) is 47.6 Å². The first-order valence-corrected chi connectivity index (χ1v) is 11.2. The molecule has 2 aromatic carbocycles. The van der Waals surface area contributed by atoms with Crippen molar-refractivity contribution in [2.45, 2.75) is 13.0 Å². The molecule has 0 aliphatic carbocycles. The van der Waals surface area contributed by atoms with E-state index >= 15 is 0 Å². The van der Waals surface area contributed by atoms with Gasteiger partial charge in [-0.15, -0.1) is 11.3 Å². The second kappa shape index (κ2) is 10.2. The molecule has 4 aromatic rings. The van der Waals surface area contributed by atoms with Gasteiger partial charge in [0.2, 0.25) is 0 Å². The Bertz CT molecular complexity index is 1200. The lowest BCUT2D eigenvalue weighted by Crippen LogP contribution is -2.20. The predicted octanol–water partition coefficient (Wildman–Crippen LogP) is 5.18. The molecule has 0 aliphatic rings. The molecule has 0 fully saturated rings. The van der Waals surface area contributed by atoms with E-state index in [1.807, 2.05) is 65.5 Å².